The second-order valence-electron chi connectivity index (χ2n) is 7.63. The fourth-order valence-corrected chi connectivity index (χ4v) is 2.74. The predicted molar refractivity (Wildman–Crippen MR) is 115 cm³/mol. The Morgan fingerprint density at radius 2 is 1.79 bits per heavy atom. The van der Waals surface area contributed by atoms with Crippen LogP contribution in [0.15, 0.2) is 36.5 Å². The number of unbranched alkanes of at least 4 members (excludes halogenated alkanes) is 1. The highest BCUT2D eigenvalue weighted by atomic mass is 16.6. The maximum atomic E-state index is 11.9. The molecule has 0 unspecified atom stereocenters. The van der Waals surface area contributed by atoms with Crippen molar-refractivity contribution < 1.29 is 19.0 Å². The van der Waals surface area contributed by atoms with Crippen LogP contribution in [0.1, 0.15) is 39.2 Å². The molecule has 1 aromatic heterocycles. The predicted octanol–water partition coefficient (Wildman–Crippen LogP) is 4.88. The van der Waals surface area contributed by atoms with Crippen LogP contribution in [0.5, 0.6) is 11.5 Å². The first-order valence-electron chi connectivity index (χ1n) is 9.71. The zero-order valence-electron chi connectivity index (χ0n) is 17.9. The first kappa shape index (κ1) is 22.3. The van der Waals surface area contributed by atoms with Crippen LogP contribution in [-0.4, -0.2) is 37.4 Å². The van der Waals surface area contributed by atoms with Crippen molar-refractivity contribution in [3.63, 3.8) is 0 Å². The molecule has 0 spiro atoms. The minimum absolute atomic E-state index is 0.499. The number of nitrogens with one attached hydrogen (secondary N) is 2. The number of hydrogen-bond acceptors (Lipinski definition) is 6. The van der Waals surface area contributed by atoms with E-state index in [1.54, 1.807) is 20.4 Å². The summed E-state index contributed by atoms with van der Waals surface area (Å²) in [5.41, 5.74) is 1.58. The smallest absolute Gasteiger partial charge is 0.413 e. The monoisotopic (exact) mass is 401 g/mol. The van der Waals surface area contributed by atoms with Gasteiger partial charge in [0.25, 0.3) is 0 Å². The fourth-order valence-electron chi connectivity index (χ4n) is 2.74. The van der Waals surface area contributed by atoms with E-state index in [9.17, 15) is 4.79 Å². The van der Waals surface area contributed by atoms with Crippen LogP contribution in [0.2, 0.25) is 0 Å². The zero-order chi connectivity index (χ0) is 21.3. The number of rotatable bonds is 9. The van der Waals surface area contributed by atoms with E-state index in [1.807, 2.05) is 51.1 Å². The number of ether oxygens (including phenoxy) is 3. The lowest BCUT2D eigenvalue weighted by Crippen LogP contribution is -2.27. The second-order valence-corrected chi connectivity index (χ2v) is 7.63. The van der Waals surface area contributed by atoms with Crippen molar-refractivity contribution in [1.29, 1.82) is 0 Å². The highest BCUT2D eigenvalue weighted by Crippen LogP contribution is 2.29. The van der Waals surface area contributed by atoms with Crippen molar-refractivity contribution >= 4 is 17.6 Å². The van der Waals surface area contributed by atoms with Gasteiger partial charge in [-0.05, 0) is 69.9 Å². The summed E-state index contributed by atoms with van der Waals surface area (Å²) in [7, 11) is 3.25. The van der Waals surface area contributed by atoms with Gasteiger partial charge in [0.15, 0.2) is 11.5 Å². The van der Waals surface area contributed by atoms with Gasteiger partial charge in [0.2, 0.25) is 0 Å². The maximum Gasteiger partial charge on any atom is 0.413 e. The Morgan fingerprint density at radius 1 is 1.03 bits per heavy atom. The van der Waals surface area contributed by atoms with Crippen molar-refractivity contribution in [2.75, 3.05) is 31.4 Å². The largest absolute Gasteiger partial charge is 0.493 e. The molecule has 29 heavy (non-hydrogen) atoms. The Hall–Kier alpha value is -2.96. The second kappa shape index (κ2) is 10.5. The summed E-state index contributed by atoms with van der Waals surface area (Å²) in [6, 6.07) is 9.63. The van der Waals surface area contributed by atoms with Gasteiger partial charge in [-0.2, -0.15) is 0 Å². The fraction of sp³-hybridized carbons (Fsp3) is 0.455. The molecule has 1 heterocycles. The molecular formula is C22H31N3O4. The maximum absolute atomic E-state index is 11.9. The molecule has 0 saturated carbocycles. The highest BCUT2D eigenvalue weighted by Gasteiger charge is 2.16. The number of carbonyl (C=O) groups is 1. The number of anilines is 2. The molecule has 0 radical (unpaired) electrons. The van der Waals surface area contributed by atoms with Gasteiger partial charge in [-0.3, -0.25) is 5.32 Å². The normalized spacial score (nSPS) is 10.9. The molecule has 2 rings (SSSR count). The van der Waals surface area contributed by atoms with Crippen molar-refractivity contribution in [1.82, 2.24) is 4.98 Å². The minimum Gasteiger partial charge on any atom is -0.493 e. The molecule has 0 saturated heterocycles. The molecule has 158 valence electrons. The molecule has 0 bridgehead atoms. The van der Waals surface area contributed by atoms with Gasteiger partial charge >= 0.3 is 6.09 Å². The van der Waals surface area contributed by atoms with Crippen molar-refractivity contribution in [2.24, 2.45) is 0 Å². The summed E-state index contributed by atoms with van der Waals surface area (Å²) in [5.74, 6) is 1.92. The number of carbonyl (C=O) groups excluding carboxylic acids is 1. The van der Waals surface area contributed by atoms with Crippen LogP contribution in [0.25, 0.3) is 0 Å². The standard InChI is InChI=1S/C22H31N3O4/c1-22(2,3)29-21(26)25-20-14-16(11-13-24-20)8-6-7-12-23-17-9-10-18(27-4)19(15-17)28-5/h9-11,13-15,23H,6-8,12H2,1-5H3,(H,24,25,26). The van der Waals surface area contributed by atoms with Crippen molar-refractivity contribution in [3.8, 4) is 11.5 Å². The first-order valence-corrected chi connectivity index (χ1v) is 9.71. The Balaban J connectivity index is 1.76. The summed E-state index contributed by atoms with van der Waals surface area (Å²) in [5, 5.41) is 6.07. The number of nitrogens with zero attached hydrogens (tertiary/aromatic N) is 1. The molecule has 0 aliphatic heterocycles. The molecule has 2 N–H and O–H groups in total. The van der Waals surface area contributed by atoms with Gasteiger partial charge in [-0.15, -0.1) is 0 Å². The zero-order valence-corrected chi connectivity index (χ0v) is 17.9. The Bertz CT molecular complexity index is 803. The third-order valence-electron chi connectivity index (χ3n) is 4.06. The van der Waals surface area contributed by atoms with E-state index in [0.29, 0.717) is 17.3 Å². The molecule has 0 fully saturated rings. The lowest BCUT2D eigenvalue weighted by Gasteiger charge is -2.19. The Morgan fingerprint density at radius 3 is 2.48 bits per heavy atom. The molecule has 0 aliphatic rings. The van der Waals surface area contributed by atoms with Gasteiger partial charge in [0.05, 0.1) is 14.2 Å². The number of amides is 1. The number of aromatic nitrogens is 1. The molecular weight excluding hydrogens is 370 g/mol. The summed E-state index contributed by atoms with van der Waals surface area (Å²) >= 11 is 0. The molecule has 2 aromatic rings. The van der Waals surface area contributed by atoms with Crippen LogP contribution in [-0.2, 0) is 11.2 Å². The Kier molecular flexibility index (Phi) is 8.12. The van der Waals surface area contributed by atoms with Crippen LogP contribution in [0.4, 0.5) is 16.3 Å². The van der Waals surface area contributed by atoms with E-state index in [-0.39, 0.29) is 0 Å². The average molecular weight is 402 g/mol. The average Bonchev–Trinajstić information content (AvgIpc) is 2.66. The van der Waals surface area contributed by atoms with E-state index in [1.165, 1.54) is 0 Å². The lowest BCUT2D eigenvalue weighted by atomic mass is 10.1. The molecule has 7 nitrogen and oxygen atoms in total. The number of hydrogen-bond donors (Lipinski definition) is 2. The van der Waals surface area contributed by atoms with Crippen LogP contribution < -0.4 is 20.1 Å². The van der Waals surface area contributed by atoms with Gasteiger partial charge in [-0.25, -0.2) is 9.78 Å². The van der Waals surface area contributed by atoms with Gasteiger partial charge in [-0.1, -0.05) is 0 Å². The van der Waals surface area contributed by atoms with E-state index < -0.39 is 11.7 Å². The Labute approximate surface area is 172 Å². The summed E-state index contributed by atoms with van der Waals surface area (Å²) < 4.78 is 15.8. The van der Waals surface area contributed by atoms with Gasteiger partial charge in [0.1, 0.15) is 11.4 Å². The number of pyridine rings is 1. The minimum atomic E-state index is -0.539. The lowest BCUT2D eigenvalue weighted by molar-refractivity contribution is 0.0635. The van der Waals surface area contributed by atoms with Crippen LogP contribution in [0, 0.1) is 0 Å². The van der Waals surface area contributed by atoms with E-state index in [0.717, 1.165) is 37.1 Å². The van der Waals surface area contributed by atoms with Crippen LogP contribution in [0.3, 0.4) is 0 Å². The van der Waals surface area contributed by atoms with Crippen LogP contribution >= 0.6 is 0 Å². The molecule has 1 amide bonds. The van der Waals surface area contributed by atoms with E-state index in [4.69, 9.17) is 14.2 Å². The summed E-state index contributed by atoms with van der Waals surface area (Å²) in [6.45, 7) is 6.33. The molecule has 1 aromatic carbocycles. The topological polar surface area (TPSA) is 81.7 Å². The van der Waals surface area contributed by atoms with Gasteiger partial charge < -0.3 is 19.5 Å². The van der Waals surface area contributed by atoms with Crippen molar-refractivity contribution in [3.05, 3.63) is 42.1 Å². The molecule has 0 atom stereocenters. The van der Waals surface area contributed by atoms with E-state index >= 15 is 0 Å². The van der Waals surface area contributed by atoms with Crippen molar-refractivity contribution in [2.45, 2.75) is 45.6 Å². The van der Waals surface area contributed by atoms with Gasteiger partial charge in [0, 0.05) is 24.5 Å². The number of methoxy groups -OCH3 is 2. The SMILES string of the molecule is COc1ccc(NCCCCc2ccnc(NC(=O)OC(C)(C)C)c2)cc1OC. The third-order valence-corrected chi connectivity index (χ3v) is 4.06. The first-order chi connectivity index (χ1) is 13.8. The molecule has 0 aliphatic carbocycles. The summed E-state index contributed by atoms with van der Waals surface area (Å²) in [4.78, 5) is 16.0. The third kappa shape index (κ3) is 7.89. The highest BCUT2D eigenvalue weighted by molar-refractivity contribution is 5.83. The quantitative estimate of drug-likeness (QED) is 0.583. The summed E-state index contributed by atoms with van der Waals surface area (Å²) in [6.07, 6.45) is 4.12. The molecule has 7 heteroatoms. The number of benzene rings is 1. The number of aryl methyl sites for hydroxylation is 1. The van der Waals surface area contributed by atoms with E-state index in [2.05, 4.69) is 15.6 Å².